The lowest BCUT2D eigenvalue weighted by Gasteiger charge is -2.24. The van der Waals surface area contributed by atoms with Crippen molar-refractivity contribution in [3.8, 4) is 6.07 Å². The second-order valence-electron chi connectivity index (χ2n) is 2.82. The van der Waals surface area contributed by atoms with Gasteiger partial charge in [-0.3, -0.25) is 0 Å². The molecule has 1 rings (SSSR count). The van der Waals surface area contributed by atoms with E-state index in [0.29, 0.717) is 12.8 Å². The highest BCUT2D eigenvalue weighted by Crippen LogP contribution is 2.25. The monoisotopic (exact) mass is 142 g/mol. The van der Waals surface area contributed by atoms with Crippen LogP contribution in [0.15, 0.2) is 0 Å². The molecule has 1 aliphatic rings. The first-order valence-electron chi connectivity index (χ1n) is 3.53. The van der Waals surface area contributed by atoms with Gasteiger partial charge in [-0.15, -0.1) is 0 Å². The van der Waals surface area contributed by atoms with Crippen LogP contribution in [0, 0.1) is 17.2 Å². The highest BCUT2D eigenvalue weighted by atomic mass is 19.1. The molecule has 0 aromatic rings. The Kier molecular flexibility index (Phi) is 2.23. The zero-order valence-electron chi connectivity index (χ0n) is 5.76. The number of hydrogen-bond donors (Lipinski definition) is 1. The van der Waals surface area contributed by atoms with Crippen molar-refractivity contribution < 1.29 is 4.39 Å². The molecular weight excluding hydrogens is 131 g/mol. The molecule has 0 bridgehead atoms. The average Bonchev–Trinajstić information content (AvgIpc) is 1.94. The molecule has 0 heterocycles. The van der Waals surface area contributed by atoms with Crippen LogP contribution in [0.4, 0.5) is 4.39 Å². The number of nitrogens with zero attached hydrogens (tertiary/aromatic N) is 1. The molecule has 3 atom stereocenters. The number of halogens is 1. The first kappa shape index (κ1) is 7.49. The SMILES string of the molecule is N#CC1CC(N)CCC1F. The Labute approximate surface area is 59.8 Å². The van der Waals surface area contributed by atoms with Gasteiger partial charge in [-0.25, -0.2) is 4.39 Å². The van der Waals surface area contributed by atoms with Gasteiger partial charge in [0, 0.05) is 6.04 Å². The molecule has 0 aromatic carbocycles. The van der Waals surface area contributed by atoms with E-state index < -0.39 is 12.1 Å². The Morgan fingerprint density at radius 2 is 2.20 bits per heavy atom. The molecule has 1 fully saturated rings. The summed E-state index contributed by atoms with van der Waals surface area (Å²) >= 11 is 0. The molecule has 3 heteroatoms. The smallest absolute Gasteiger partial charge is 0.116 e. The topological polar surface area (TPSA) is 49.8 Å². The van der Waals surface area contributed by atoms with E-state index in [4.69, 9.17) is 11.0 Å². The van der Waals surface area contributed by atoms with Crippen LogP contribution >= 0.6 is 0 Å². The van der Waals surface area contributed by atoms with Crippen LogP contribution in [0.25, 0.3) is 0 Å². The van der Waals surface area contributed by atoms with Crippen LogP contribution in [0.5, 0.6) is 0 Å². The Balaban J connectivity index is 2.47. The molecule has 0 aromatic heterocycles. The molecule has 1 saturated carbocycles. The van der Waals surface area contributed by atoms with Crippen LogP contribution in [0.3, 0.4) is 0 Å². The Bertz CT molecular complexity index is 152. The molecule has 10 heavy (non-hydrogen) atoms. The van der Waals surface area contributed by atoms with Crippen molar-refractivity contribution in [1.82, 2.24) is 0 Å². The number of alkyl halides is 1. The van der Waals surface area contributed by atoms with E-state index >= 15 is 0 Å². The molecule has 3 unspecified atom stereocenters. The fraction of sp³-hybridized carbons (Fsp3) is 0.857. The van der Waals surface area contributed by atoms with Crippen LogP contribution in [0.2, 0.25) is 0 Å². The number of rotatable bonds is 0. The molecule has 2 N–H and O–H groups in total. The van der Waals surface area contributed by atoms with Crippen molar-refractivity contribution in [2.45, 2.75) is 31.5 Å². The molecule has 56 valence electrons. The summed E-state index contributed by atoms with van der Waals surface area (Å²) in [6.45, 7) is 0. The fourth-order valence-electron chi connectivity index (χ4n) is 1.30. The average molecular weight is 142 g/mol. The first-order chi connectivity index (χ1) is 4.74. The maximum atomic E-state index is 12.7. The molecule has 0 amide bonds. The Morgan fingerprint density at radius 3 is 2.70 bits per heavy atom. The number of nitrogens with two attached hydrogens (primary N) is 1. The van der Waals surface area contributed by atoms with Gasteiger partial charge in [-0.2, -0.15) is 5.26 Å². The third kappa shape index (κ3) is 1.45. The van der Waals surface area contributed by atoms with Crippen LogP contribution in [0.1, 0.15) is 19.3 Å². The zero-order chi connectivity index (χ0) is 7.56. The molecule has 0 aliphatic heterocycles. The van der Waals surface area contributed by atoms with E-state index in [1.165, 1.54) is 0 Å². The van der Waals surface area contributed by atoms with E-state index in [0.717, 1.165) is 6.42 Å². The van der Waals surface area contributed by atoms with Crippen LogP contribution < -0.4 is 5.73 Å². The van der Waals surface area contributed by atoms with Crippen molar-refractivity contribution >= 4 is 0 Å². The zero-order valence-corrected chi connectivity index (χ0v) is 5.76. The van der Waals surface area contributed by atoms with E-state index in [-0.39, 0.29) is 6.04 Å². The van der Waals surface area contributed by atoms with Gasteiger partial charge < -0.3 is 5.73 Å². The normalized spacial score (nSPS) is 40.7. The summed E-state index contributed by atoms with van der Waals surface area (Å²) in [6, 6.07) is 1.97. The molecule has 1 aliphatic carbocycles. The van der Waals surface area contributed by atoms with Crippen LogP contribution in [-0.4, -0.2) is 12.2 Å². The highest BCUT2D eigenvalue weighted by Gasteiger charge is 2.28. The van der Waals surface area contributed by atoms with E-state index in [1.54, 1.807) is 0 Å². The Hall–Kier alpha value is -0.620. The lowest BCUT2D eigenvalue weighted by molar-refractivity contribution is 0.189. The number of nitriles is 1. The minimum Gasteiger partial charge on any atom is -0.328 e. The minimum atomic E-state index is -0.940. The van der Waals surface area contributed by atoms with Gasteiger partial charge in [0.25, 0.3) is 0 Å². The maximum absolute atomic E-state index is 12.7. The van der Waals surface area contributed by atoms with Crippen molar-refractivity contribution in [3.05, 3.63) is 0 Å². The molecule has 0 spiro atoms. The van der Waals surface area contributed by atoms with Crippen LogP contribution in [-0.2, 0) is 0 Å². The van der Waals surface area contributed by atoms with Crippen molar-refractivity contribution in [3.63, 3.8) is 0 Å². The summed E-state index contributed by atoms with van der Waals surface area (Å²) in [6.07, 6.45) is 0.765. The predicted octanol–water partition coefficient (Wildman–Crippen LogP) is 0.975. The lowest BCUT2D eigenvalue weighted by Crippen LogP contribution is -2.33. The predicted molar refractivity (Wildman–Crippen MR) is 35.8 cm³/mol. The molecule has 2 nitrogen and oxygen atoms in total. The summed E-state index contributed by atoms with van der Waals surface area (Å²) < 4.78 is 12.7. The van der Waals surface area contributed by atoms with Crippen molar-refractivity contribution in [2.75, 3.05) is 0 Å². The van der Waals surface area contributed by atoms with Gasteiger partial charge in [-0.05, 0) is 19.3 Å². The summed E-state index contributed by atoms with van der Waals surface area (Å²) in [7, 11) is 0. The van der Waals surface area contributed by atoms with Gasteiger partial charge in [-0.1, -0.05) is 0 Å². The third-order valence-electron chi connectivity index (χ3n) is 1.97. The summed E-state index contributed by atoms with van der Waals surface area (Å²) in [5, 5.41) is 8.43. The second-order valence-corrected chi connectivity index (χ2v) is 2.82. The molecular formula is C7H11FN2. The largest absolute Gasteiger partial charge is 0.328 e. The summed E-state index contributed by atoms with van der Waals surface area (Å²) in [5.74, 6) is -0.455. The van der Waals surface area contributed by atoms with Gasteiger partial charge >= 0.3 is 0 Å². The van der Waals surface area contributed by atoms with Crippen molar-refractivity contribution in [2.24, 2.45) is 11.7 Å². The fourth-order valence-corrected chi connectivity index (χ4v) is 1.30. The quantitative estimate of drug-likeness (QED) is 0.548. The third-order valence-corrected chi connectivity index (χ3v) is 1.97. The van der Waals surface area contributed by atoms with E-state index in [9.17, 15) is 4.39 Å². The Morgan fingerprint density at radius 1 is 1.50 bits per heavy atom. The second kappa shape index (κ2) is 2.98. The highest BCUT2D eigenvalue weighted by molar-refractivity contribution is 4.94. The number of hydrogen-bond acceptors (Lipinski definition) is 2. The maximum Gasteiger partial charge on any atom is 0.116 e. The first-order valence-corrected chi connectivity index (χ1v) is 3.53. The van der Waals surface area contributed by atoms with E-state index in [2.05, 4.69) is 0 Å². The van der Waals surface area contributed by atoms with E-state index in [1.807, 2.05) is 6.07 Å². The van der Waals surface area contributed by atoms with Gasteiger partial charge in [0.15, 0.2) is 0 Å². The van der Waals surface area contributed by atoms with Gasteiger partial charge in [0.2, 0.25) is 0 Å². The van der Waals surface area contributed by atoms with Gasteiger partial charge in [0.1, 0.15) is 6.17 Å². The summed E-state index contributed by atoms with van der Waals surface area (Å²) in [5.41, 5.74) is 5.55. The molecule has 0 saturated heterocycles. The minimum absolute atomic E-state index is 0.0386. The van der Waals surface area contributed by atoms with Gasteiger partial charge in [0.05, 0.1) is 12.0 Å². The lowest BCUT2D eigenvalue weighted by atomic mass is 9.86. The summed E-state index contributed by atoms with van der Waals surface area (Å²) in [4.78, 5) is 0. The molecule has 0 radical (unpaired) electrons. The standard InChI is InChI=1S/C7H11FN2/c8-7-2-1-6(10)3-5(7)4-9/h5-7H,1-3,10H2. The van der Waals surface area contributed by atoms with Crippen molar-refractivity contribution in [1.29, 1.82) is 5.26 Å².